The van der Waals surface area contributed by atoms with Gasteiger partial charge in [-0.1, -0.05) is 6.07 Å². The lowest BCUT2D eigenvalue weighted by atomic mass is 10.2. The number of benzene rings is 1. The number of urea groups is 1. The molecule has 0 unspecified atom stereocenters. The summed E-state index contributed by atoms with van der Waals surface area (Å²) in [6.07, 6.45) is 0. The highest BCUT2D eigenvalue weighted by molar-refractivity contribution is 5.90. The van der Waals surface area contributed by atoms with Crippen LogP contribution in [0.3, 0.4) is 0 Å². The molecule has 1 aromatic rings. The molecule has 1 rings (SSSR count). The van der Waals surface area contributed by atoms with E-state index in [4.69, 9.17) is 0 Å². The number of hydrogen-bond acceptors (Lipinski definition) is 2. The third-order valence-electron chi connectivity index (χ3n) is 1.63. The SMILES string of the molecule is CNC(=O)Nc1ccc(C)cc1O. The van der Waals surface area contributed by atoms with E-state index in [2.05, 4.69) is 10.6 Å². The van der Waals surface area contributed by atoms with E-state index in [1.807, 2.05) is 13.0 Å². The summed E-state index contributed by atoms with van der Waals surface area (Å²) in [5.41, 5.74) is 1.35. The topological polar surface area (TPSA) is 61.4 Å². The number of amides is 2. The predicted molar refractivity (Wildman–Crippen MR) is 50.9 cm³/mol. The third-order valence-corrected chi connectivity index (χ3v) is 1.63. The van der Waals surface area contributed by atoms with Gasteiger partial charge in [0.05, 0.1) is 5.69 Å². The van der Waals surface area contributed by atoms with Gasteiger partial charge in [0.2, 0.25) is 0 Å². The molecule has 4 nitrogen and oxygen atoms in total. The molecule has 0 bridgehead atoms. The molecular weight excluding hydrogens is 168 g/mol. The highest BCUT2D eigenvalue weighted by Crippen LogP contribution is 2.23. The monoisotopic (exact) mass is 180 g/mol. The van der Waals surface area contributed by atoms with E-state index in [1.165, 1.54) is 7.05 Å². The summed E-state index contributed by atoms with van der Waals surface area (Å²) >= 11 is 0. The van der Waals surface area contributed by atoms with Crippen LogP contribution in [0.1, 0.15) is 5.56 Å². The van der Waals surface area contributed by atoms with Crippen LogP contribution in [0.25, 0.3) is 0 Å². The molecule has 1 aromatic carbocycles. The fourth-order valence-electron chi connectivity index (χ4n) is 0.932. The third kappa shape index (κ3) is 2.37. The van der Waals surface area contributed by atoms with E-state index >= 15 is 0 Å². The van der Waals surface area contributed by atoms with Gasteiger partial charge in [0, 0.05) is 7.05 Å². The van der Waals surface area contributed by atoms with Gasteiger partial charge in [-0.15, -0.1) is 0 Å². The van der Waals surface area contributed by atoms with Crippen molar-refractivity contribution in [3.8, 4) is 5.75 Å². The highest BCUT2D eigenvalue weighted by atomic mass is 16.3. The van der Waals surface area contributed by atoms with Gasteiger partial charge in [0.15, 0.2) is 0 Å². The summed E-state index contributed by atoms with van der Waals surface area (Å²) in [4.78, 5) is 10.9. The van der Waals surface area contributed by atoms with Crippen molar-refractivity contribution in [2.45, 2.75) is 6.92 Å². The highest BCUT2D eigenvalue weighted by Gasteiger charge is 2.03. The summed E-state index contributed by atoms with van der Waals surface area (Å²) < 4.78 is 0. The summed E-state index contributed by atoms with van der Waals surface area (Å²) in [6.45, 7) is 1.86. The van der Waals surface area contributed by atoms with E-state index in [0.29, 0.717) is 5.69 Å². The van der Waals surface area contributed by atoms with Crippen molar-refractivity contribution in [1.29, 1.82) is 0 Å². The van der Waals surface area contributed by atoms with Gasteiger partial charge in [0.1, 0.15) is 5.75 Å². The first kappa shape index (κ1) is 9.38. The number of hydrogen-bond donors (Lipinski definition) is 3. The Morgan fingerprint density at radius 3 is 2.69 bits per heavy atom. The molecule has 0 aliphatic carbocycles. The van der Waals surface area contributed by atoms with Crippen LogP contribution in [0.5, 0.6) is 5.75 Å². The fraction of sp³-hybridized carbons (Fsp3) is 0.222. The Balaban J connectivity index is 2.83. The smallest absolute Gasteiger partial charge is 0.319 e. The number of aromatic hydroxyl groups is 1. The van der Waals surface area contributed by atoms with Crippen molar-refractivity contribution < 1.29 is 9.90 Å². The minimum atomic E-state index is -0.348. The van der Waals surface area contributed by atoms with E-state index in [0.717, 1.165) is 5.56 Å². The molecule has 0 saturated heterocycles. The molecule has 0 saturated carbocycles. The zero-order valence-corrected chi connectivity index (χ0v) is 7.59. The summed E-state index contributed by atoms with van der Waals surface area (Å²) in [7, 11) is 1.51. The molecule has 0 aliphatic rings. The van der Waals surface area contributed by atoms with Gasteiger partial charge >= 0.3 is 6.03 Å². The van der Waals surface area contributed by atoms with Crippen LogP contribution >= 0.6 is 0 Å². The first-order valence-electron chi connectivity index (χ1n) is 3.92. The Kier molecular flexibility index (Phi) is 2.74. The van der Waals surface area contributed by atoms with Gasteiger partial charge < -0.3 is 15.7 Å². The molecule has 0 spiro atoms. The standard InChI is InChI=1S/C9H12N2O2/c1-6-3-4-7(8(12)5-6)11-9(13)10-2/h3-5,12H,1-2H3,(H2,10,11,13). The van der Waals surface area contributed by atoms with Crippen molar-refractivity contribution in [1.82, 2.24) is 5.32 Å². The second-order valence-electron chi connectivity index (χ2n) is 2.72. The number of carbonyl (C=O) groups excluding carboxylic acids is 1. The number of carbonyl (C=O) groups is 1. The lowest BCUT2D eigenvalue weighted by molar-refractivity contribution is 0.254. The second-order valence-corrected chi connectivity index (χ2v) is 2.72. The summed E-state index contributed by atoms with van der Waals surface area (Å²) in [6, 6.07) is 4.70. The lowest BCUT2D eigenvalue weighted by Crippen LogP contribution is -2.24. The van der Waals surface area contributed by atoms with E-state index in [-0.39, 0.29) is 11.8 Å². The molecule has 70 valence electrons. The van der Waals surface area contributed by atoms with Crippen LogP contribution in [0, 0.1) is 6.92 Å². The van der Waals surface area contributed by atoms with Crippen LogP contribution in [0.2, 0.25) is 0 Å². The molecular formula is C9H12N2O2. The fourth-order valence-corrected chi connectivity index (χ4v) is 0.932. The van der Waals surface area contributed by atoms with Crippen LogP contribution in [-0.4, -0.2) is 18.2 Å². The first-order chi connectivity index (χ1) is 6.13. The average molecular weight is 180 g/mol. The van der Waals surface area contributed by atoms with Crippen LogP contribution < -0.4 is 10.6 Å². The molecule has 13 heavy (non-hydrogen) atoms. The van der Waals surface area contributed by atoms with E-state index in [1.54, 1.807) is 12.1 Å². The number of phenols is 1. The Bertz CT molecular complexity index is 323. The van der Waals surface area contributed by atoms with Crippen LogP contribution in [-0.2, 0) is 0 Å². The minimum absolute atomic E-state index is 0.0728. The van der Waals surface area contributed by atoms with Crippen LogP contribution in [0.4, 0.5) is 10.5 Å². The maximum absolute atomic E-state index is 10.9. The minimum Gasteiger partial charge on any atom is -0.506 e. The average Bonchev–Trinajstić information content (AvgIpc) is 2.09. The molecule has 0 aliphatic heterocycles. The van der Waals surface area contributed by atoms with Gasteiger partial charge in [-0.2, -0.15) is 0 Å². The van der Waals surface area contributed by atoms with Crippen LogP contribution in [0.15, 0.2) is 18.2 Å². The quantitative estimate of drug-likeness (QED) is 0.573. The first-order valence-corrected chi connectivity index (χ1v) is 3.92. The van der Waals surface area contributed by atoms with E-state index < -0.39 is 0 Å². The number of rotatable bonds is 1. The van der Waals surface area contributed by atoms with Crippen molar-refractivity contribution in [2.75, 3.05) is 12.4 Å². The molecule has 0 fully saturated rings. The molecule has 0 heterocycles. The maximum atomic E-state index is 10.9. The molecule has 3 N–H and O–H groups in total. The van der Waals surface area contributed by atoms with Crippen molar-refractivity contribution in [2.24, 2.45) is 0 Å². The summed E-state index contributed by atoms with van der Waals surface area (Å²) in [5.74, 6) is 0.0728. The predicted octanol–water partition coefficient (Wildman–Crippen LogP) is 1.45. The Morgan fingerprint density at radius 2 is 2.15 bits per heavy atom. The largest absolute Gasteiger partial charge is 0.506 e. The number of aryl methyl sites for hydroxylation is 1. The Labute approximate surface area is 76.6 Å². The number of phenolic OH excluding ortho intramolecular Hbond substituents is 1. The molecule has 0 aromatic heterocycles. The van der Waals surface area contributed by atoms with Crippen molar-refractivity contribution in [3.63, 3.8) is 0 Å². The zero-order valence-electron chi connectivity index (χ0n) is 7.59. The van der Waals surface area contributed by atoms with Gasteiger partial charge in [0.25, 0.3) is 0 Å². The Hall–Kier alpha value is -1.71. The van der Waals surface area contributed by atoms with E-state index in [9.17, 15) is 9.90 Å². The molecule has 2 amide bonds. The second kappa shape index (κ2) is 3.80. The molecule has 4 heteroatoms. The van der Waals surface area contributed by atoms with Gasteiger partial charge in [-0.25, -0.2) is 4.79 Å². The number of nitrogens with one attached hydrogen (secondary N) is 2. The summed E-state index contributed by atoms with van der Waals surface area (Å²) in [5, 5.41) is 14.3. The normalized spacial score (nSPS) is 9.38. The van der Waals surface area contributed by atoms with Crippen molar-refractivity contribution >= 4 is 11.7 Å². The Morgan fingerprint density at radius 1 is 1.46 bits per heavy atom. The zero-order chi connectivity index (χ0) is 9.84. The lowest BCUT2D eigenvalue weighted by Gasteiger charge is -2.06. The van der Waals surface area contributed by atoms with Gasteiger partial charge in [-0.3, -0.25) is 0 Å². The molecule has 0 radical (unpaired) electrons. The van der Waals surface area contributed by atoms with Crippen molar-refractivity contribution in [3.05, 3.63) is 23.8 Å². The maximum Gasteiger partial charge on any atom is 0.319 e. The number of anilines is 1. The molecule has 0 atom stereocenters. The van der Waals surface area contributed by atoms with Gasteiger partial charge in [-0.05, 0) is 24.6 Å².